The zero-order chi connectivity index (χ0) is 20.0. The Hall–Kier alpha value is -3.25. The number of carbonyl (C=O) groups excluding carboxylic acids is 1. The molecule has 1 saturated heterocycles. The molecule has 0 spiro atoms. The highest BCUT2D eigenvalue weighted by molar-refractivity contribution is 7.18. The zero-order valence-electron chi connectivity index (χ0n) is 15.4. The standard InChI is InChI=1S/C20H17N5O3S/c21-11-20(8-9-20)18-23-15(26)14-17(24-18)29-16(22-14)13-7-4-10-25(13)19(27)28-12-5-2-1-3-6-12/h1-3,5-6,13H,4,7-10H2,(H,23,24,26)/t13-/m1/s1. The van der Waals surface area contributed by atoms with Gasteiger partial charge < -0.3 is 9.72 Å². The molecule has 2 aromatic heterocycles. The van der Waals surface area contributed by atoms with Crippen molar-refractivity contribution >= 4 is 27.8 Å². The maximum Gasteiger partial charge on any atom is 0.415 e. The Morgan fingerprint density at radius 2 is 2.10 bits per heavy atom. The quantitative estimate of drug-likeness (QED) is 0.713. The largest absolute Gasteiger partial charge is 0.415 e. The molecule has 1 atom stereocenters. The number of hydrogen-bond acceptors (Lipinski definition) is 7. The molecule has 1 amide bonds. The molecule has 3 heterocycles. The number of aromatic amines is 1. The lowest BCUT2D eigenvalue weighted by Gasteiger charge is -2.22. The summed E-state index contributed by atoms with van der Waals surface area (Å²) in [7, 11) is 0. The van der Waals surface area contributed by atoms with Crippen molar-refractivity contribution < 1.29 is 9.53 Å². The van der Waals surface area contributed by atoms with Gasteiger partial charge in [-0.25, -0.2) is 14.8 Å². The van der Waals surface area contributed by atoms with E-state index in [0.717, 1.165) is 12.8 Å². The van der Waals surface area contributed by atoms with Crippen molar-refractivity contribution in [2.75, 3.05) is 6.54 Å². The van der Waals surface area contributed by atoms with E-state index in [9.17, 15) is 14.9 Å². The number of ether oxygens (including phenoxy) is 1. The Kier molecular flexibility index (Phi) is 4.10. The van der Waals surface area contributed by atoms with E-state index in [1.807, 2.05) is 6.07 Å². The van der Waals surface area contributed by atoms with Gasteiger partial charge >= 0.3 is 6.09 Å². The molecule has 8 nitrogen and oxygen atoms in total. The van der Waals surface area contributed by atoms with Crippen molar-refractivity contribution in [3.63, 3.8) is 0 Å². The summed E-state index contributed by atoms with van der Waals surface area (Å²) in [5.41, 5.74) is -0.757. The third-order valence-corrected chi connectivity index (χ3v) is 6.47. The molecule has 1 aromatic carbocycles. The van der Waals surface area contributed by atoms with Crippen molar-refractivity contribution in [2.24, 2.45) is 0 Å². The number of fused-ring (bicyclic) bond motifs is 1. The van der Waals surface area contributed by atoms with Gasteiger partial charge in [0.2, 0.25) is 0 Å². The maximum absolute atomic E-state index is 12.7. The Morgan fingerprint density at radius 3 is 2.83 bits per heavy atom. The molecular weight excluding hydrogens is 390 g/mol. The van der Waals surface area contributed by atoms with Crippen LogP contribution in [0.5, 0.6) is 5.75 Å². The highest BCUT2D eigenvalue weighted by atomic mass is 32.1. The summed E-state index contributed by atoms with van der Waals surface area (Å²) in [5.74, 6) is 0.904. The molecule has 146 valence electrons. The van der Waals surface area contributed by atoms with Gasteiger partial charge in [-0.15, -0.1) is 0 Å². The molecule has 1 saturated carbocycles. The Bertz CT molecular complexity index is 1190. The minimum absolute atomic E-state index is 0.251. The molecule has 0 unspecified atom stereocenters. The van der Waals surface area contributed by atoms with E-state index in [1.54, 1.807) is 29.2 Å². The molecule has 29 heavy (non-hydrogen) atoms. The highest BCUT2D eigenvalue weighted by Crippen LogP contribution is 2.46. The second kappa shape index (κ2) is 6.67. The number of para-hydroxylation sites is 1. The number of aromatic nitrogens is 3. The Morgan fingerprint density at radius 1 is 1.31 bits per heavy atom. The lowest BCUT2D eigenvalue weighted by molar-refractivity contribution is 0.147. The van der Waals surface area contributed by atoms with Gasteiger partial charge in [0.15, 0.2) is 10.3 Å². The van der Waals surface area contributed by atoms with E-state index in [-0.39, 0.29) is 17.1 Å². The van der Waals surface area contributed by atoms with Crippen LogP contribution in [-0.4, -0.2) is 32.5 Å². The second-order valence-corrected chi connectivity index (χ2v) is 8.36. The van der Waals surface area contributed by atoms with Crippen LogP contribution < -0.4 is 10.3 Å². The third kappa shape index (κ3) is 3.06. The molecule has 0 radical (unpaired) electrons. The van der Waals surface area contributed by atoms with Gasteiger partial charge in [0, 0.05) is 6.54 Å². The molecule has 1 aliphatic heterocycles. The highest BCUT2D eigenvalue weighted by Gasteiger charge is 2.48. The van der Waals surface area contributed by atoms with Crippen molar-refractivity contribution in [3.8, 4) is 11.8 Å². The number of nitrogens with zero attached hydrogens (tertiary/aromatic N) is 4. The predicted octanol–water partition coefficient (Wildman–Crippen LogP) is 3.27. The third-order valence-electron chi connectivity index (χ3n) is 5.42. The fourth-order valence-corrected chi connectivity index (χ4v) is 4.72. The van der Waals surface area contributed by atoms with Crippen LogP contribution in [0, 0.1) is 11.3 Å². The lowest BCUT2D eigenvalue weighted by Crippen LogP contribution is -2.33. The molecular formula is C20H17N5O3S. The smallest absolute Gasteiger partial charge is 0.410 e. The van der Waals surface area contributed by atoms with E-state index in [4.69, 9.17) is 4.74 Å². The number of nitriles is 1. The van der Waals surface area contributed by atoms with Crippen molar-refractivity contribution in [1.29, 1.82) is 5.26 Å². The summed E-state index contributed by atoms with van der Waals surface area (Å²) in [6, 6.07) is 10.9. The van der Waals surface area contributed by atoms with Gasteiger partial charge in [-0.05, 0) is 37.8 Å². The van der Waals surface area contributed by atoms with Crippen molar-refractivity contribution in [1.82, 2.24) is 19.9 Å². The first-order valence-electron chi connectivity index (χ1n) is 9.46. The summed E-state index contributed by atoms with van der Waals surface area (Å²) in [6.45, 7) is 0.568. The Labute approximate surface area is 169 Å². The van der Waals surface area contributed by atoms with Crippen LogP contribution in [0.2, 0.25) is 0 Å². The zero-order valence-corrected chi connectivity index (χ0v) is 16.2. The average molecular weight is 407 g/mol. The van der Waals surface area contributed by atoms with Crippen LogP contribution in [0.4, 0.5) is 4.79 Å². The number of carbonyl (C=O) groups is 1. The summed E-state index contributed by atoms with van der Waals surface area (Å²) < 4.78 is 5.48. The van der Waals surface area contributed by atoms with E-state index < -0.39 is 11.5 Å². The van der Waals surface area contributed by atoms with Gasteiger partial charge in [-0.3, -0.25) is 9.69 Å². The van der Waals surface area contributed by atoms with E-state index in [1.165, 1.54) is 11.3 Å². The molecule has 2 fully saturated rings. The van der Waals surface area contributed by atoms with E-state index >= 15 is 0 Å². The van der Waals surface area contributed by atoms with Gasteiger partial charge in [0.05, 0.1) is 12.1 Å². The topological polar surface area (TPSA) is 112 Å². The summed E-state index contributed by atoms with van der Waals surface area (Å²) in [6.07, 6.45) is 2.55. The Balaban J connectivity index is 1.45. The number of amides is 1. The predicted molar refractivity (Wildman–Crippen MR) is 106 cm³/mol. The number of benzene rings is 1. The summed E-state index contributed by atoms with van der Waals surface area (Å²) >= 11 is 1.30. The van der Waals surface area contributed by atoms with Crippen LogP contribution in [-0.2, 0) is 5.41 Å². The molecule has 1 N–H and O–H groups in total. The van der Waals surface area contributed by atoms with Crippen LogP contribution in [0.3, 0.4) is 0 Å². The number of thiazole rings is 1. The second-order valence-electron chi connectivity index (χ2n) is 7.35. The normalized spacial score (nSPS) is 19.8. The van der Waals surface area contributed by atoms with Gasteiger partial charge in [0.25, 0.3) is 5.56 Å². The first-order chi connectivity index (χ1) is 14.1. The number of hydrogen-bond donors (Lipinski definition) is 1. The molecule has 3 aromatic rings. The first kappa shape index (κ1) is 17.8. The minimum atomic E-state index is -0.670. The molecule has 1 aliphatic carbocycles. The van der Waals surface area contributed by atoms with Crippen LogP contribution in [0.25, 0.3) is 10.3 Å². The fraction of sp³-hybridized carbons (Fsp3) is 0.350. The monoisotopic (exact) mass is 407 g/mol. The first-order valence-corrected chi connectivity index (χ1v) is 10.3. The SMILES string of the molecule is N#CC1(c2nc3sc([C@H]4CCCN4C(=O)Oc4ccccc4)nc3c(=O)[nH]2)CC1. The van der Waals surface area contributed by atoms with Crippen molar-refractivity contribution in [3.05, 3.63) is 51.5 Å². The number of H-pyrrole nitrogens is 1. The van der Waals surface area contributed by atoms with Crippen molar-refractivity contribution in [2.45, 2.75) is 37.1 Å². The van der Waals surface area contributed by atoms with Crippen LogP contribution in [0.15, 0.2) is 35.1 Å². The van der Waals surface area contributed by atoms with Gasteiger partial charge in [-0.2, -0.15) is 5.26 Å². The molecule has 9 heteroatoms. The van der Waals surface area contributed by atoms with E-state index in [0.29, 0.717) is 40.8 Å². The minimum Gasteiger partial charge on any atom is -0.410 e. The van der Waals surface area contributed by atoms with E-state index in [2.05, 4.69) is 21.0 Å². The van der Waals surface area contributed by atoms with Crippen LogP contribution in [0.1, 0.15) is 42.6 Å². The number of nitrogens with one attached hydrogen (secondary N) is 1. The van der Waals surface area contributed by atoms with Crippen LogP contribution >= 0.6 is 11.3 Å². The molecule has 0 bridgehead atoms. The molecule has 2 aliphatic rings. The summed E-state index contributed by atoms with van der Waals surface area (Å²) in [4.78, 5) is 39.1. The molecule has 5 rings (SSSR count). The fourth-order valence-electron chi connectivity index (χ4n) is 3.63. The maximum atomic E-state index is 12.7. The van der Waals surface area contributed by atoms with Gasteiger partial charge in [0.1, 0.15) is 22.0 Å². The van der Waals surface area contributed by atoms with Gasteiger partial charge in [-0.1, -0.05) is 29.5 Å². The lowest BCUT2D eigenvalue weighted by atomic mass is 10.1. The number of likely N-dealkylation sites (tertiary alicyclic amines) is 1. The average Bonchev–Trinajstić information content (AvgIpc) is 3.17. The number of rotatable bonds is 3. The summed E-state index contributed by atoms with van der Waals surface area (Å²) in [5, 5.41) is 10.1.